The fourth-order valence-electron chi connectivity index (χ4n) is 1.25. The van der Waals surface area contributed by atoms with Crippen LogP contribution in [0.3, 0.4) is 0 Å². The molecular weight excluding hydrogens is 288 g/mol. The molecule has 0 atom stereocenters. The highest BCUT2D eigenvalue weighted by Crippen LogP contribution is 2.26. The van der Waals surface area contributed by atoms with Crippen LogP contribution < -0.4 is 5.32 Å². The van der Waals surface area contributed by atoms with Crippen molar-refractivity contribution in [2.75, 3.05) is 0 Å². The Morgan fingerprint density at radius 1 is 1.50 bits per heavy atom. The number of nitrogens with zero attached hydrogens (tertiary/aromatic N) is 1. The van der Waals surface area contributed by atoms with E-state index >= 15 is 0 Å². The molecule has 0 aliphatic heterocycles. The van der Waals surface area contributed by atoms with Crippen LogP contribution in [-0.4, -0.2) is 11.0 Å². The Bertz CT molecular complexity index is 464. The Hall–Kier alpha value is -0.650. The number of hydrogen-bond acceptors (Lipinski definition) is 4. The molecule has 3 nitrogen and oxygen atoms in total. The highest BCUT2D eigenvalue weighted by atomic mass is 79.9. The van der Waals surface area contributed by atoms with Gasteiger partial charge in [-0.2, -0.15) is 0 Å². The molecule has 0 spiro atoms. The van der Waals surface area contributed by atoms with Gasteiger partial charge in [-0.1, -0.05) is 13.8 Å². The van der Waals surface area contributed by atoms with Crippen LogP contribution in [0.1, 0.15) is 18.9 Å². The van der Waals surface area contributed by atoms with Gasteiger partial charge in [0.05, 0.1) is 0 Å². The molecule has 0 fully saturated rings. The molecule has 0 bridgehead atoms. The van der Waals surface area contributed by atoms with Crippen molar-refractivity contribution in [2.24, 2.45) is 0 Å². The van der Waals surface area contributed by atoms with E-state index in [1.54, 1.807) is 11.3 Å². The third-order valence-corrected chi connectivity index (χ3v) is 3.31. The van der Waals surface area contributed by atoms with Crippen LogP contribution in [0.2, 0.25) is 0 Å². The van der Waals surface area contributed by atoms with Crippen LogP contribution in [0.15, 0.2) is 26.6 Å². The SMILES string of the molecule is CC(C)NCc1nc(-c2ccc(Br)o2)cs1. The predicted molar refractivity (Wildman–Crippen MR) is 69.5 cm³/mol. The van der Waals surface area contributed by atoms with Crippen molar-refractivity contribution in [1.29, 1.82) is 0 Å². The molecule has 0 amide bonds. The van der Waals surface area contributed by atoms with Crippen LogP contribution in [0.4, 0.5) is 0 Å². The van der Waals surface area contributed by atoms with Gasteiger partial charge in [-0.3, -0.25) is 0 Å². The van der Waals surface area contributed by atoms with E-state index in [2.05, 4.69) is 40.1 Å². The molecule has 16 heavy (non-hydrogen) atoms. The lowest BCUT2D eigenvalue weighted by Gasteiger charge is -2.04. The summed E-state index contributed by atoms with van der Waals surface area (Å²) in [7, 11) is 0. The van der Waals surface area contributed by atoms with Gasteiger partial charge in [0.1, 0.15) is 10.7 Å². The molecule has 0 unspecified atom stereocenters. The summed E-state index contributed by atoms with van der Waals surface area (Å²) in [5, 5.41) is 6.44. The smallest absolute Gasteiger partial charge is 0.169 e. The number of rotatable bonds is 4. The second kappa shape index (κ2) is 5.12. The average Bonchev–Trinajstić information content (AvgIpc) is 2.83. The summed E-state index contributed by atoms with van der Waals surface area (Å²) in [6.07, 6.45) is 0. The van der Waals surface area contributed by atoms with Gasteiger partial charge in [0, 0.05) is 18.0 Å². The molecule has 5 heteroatoms. The normalized spacial score (nSPS) is 11.2. The fourth-order valence-corrected chi connectivity index (χ4v) is 2.29. The van der Waals surface area contributed by atoms with Crippen LogP contribution >= 0.6 is 27.3 Å². The molecule has 0 saturated carbocycles. The Labute approximate surface area is 107 Å². The maximum absolute atomic E-state index is 5.45. The number of halogens is 1. The summed E-state index contributed by atoms with van der Waals surface area (Å²) in [5.74, 6) is 0.805. The Balaban J connectivity index is 2.07. The summed E-state index contributed by atoms with van der Waals surface area (Å²) in [6.45, 7) is 5.06. The summed E-state index contributed by atoms with van der Waals surface area (Å²) in [4.78, 5) is 4.51. The van der Waals surface area contributed by atoms with Gasteiger partial charge < -0.3 is 9.73 Å². The van der Waals surface area contributed by atoms with Crippen molar-refractivity contribution in [1.82, 2.24) is 10.3 Å². The van der Waals surface area contributed by atoms with Gasteiger partial charge >= 0.3 is 0 Å². The minimum Gasteiger partial charge on any atom is -0.448 e. The van der Waals surface area contributed by atoms with Crippen molar-refractivity contribution in [3.05, 3.63) is 27.2 Å². The first kappa shape index (κ1) is 11.8. The minimum atomic E-state index is 0.477. The van der Waals surface area contributed by atoms with E-state index in [-0.39, 0.29) is 0 Å². The molecule has 0 aromatic carbocycles. The highest BCUT2D eigenvalue weighted by Gasteiger charge is 2.08. The summed E-state index contributed by atoms with van der Waals surface area (Å²) < 4.78 is 6.18. The first-order valence-electron chi connectivity index (χ1n) is 5.08. The lowest BCUT2D eigenvalue weighted by molar-refractivity contribution is 0.553. The van der Waals surface area contributed by atoms with Crippen molar-refractivity contribution in [2.45, 2.75) is 26.4 Å². The molecule has 2 aromatic rings. The van der Waals surface area contributed by atoms with Crippen molar-refractivity contribution >= 4 is 27.3 Å². The third kappa shape index (κ3) is 2.93. The molecule has 86 valence electrons. The van der Waals surface area contributed by atoms with E-state index in [9.17, 15) is 0 Å². The number of nitrogens with one attached hydrogen (secondary N) is 1. The number of aromatic nitrogens is 1. The quantitative estimate of drug-likeness (QED) is 0.936. The van der Waals surface area contributed by atoms with Gasteiger partial charge in [-0.05, 0) is 28.1 Å². The Kier molecular flexibility index (Phi) is 3.78. The molecule has 0 radical (unpaired) electrons. The molecule has 0 aliphatic carbocycles. The molecule has 0 aliphatic rings. The second-order valence-electron chi connectivity index (χ2n) is 3.77. The molecule has 2 heterocycles. The van der Waals surface area contributed by atoms with Crippen LogP contribution in [0.5, 0.6) is 0 Å². The van der Waals surface area contributed by atoms with Crippen molar-refractivity contribution in [3.63, 3.8) is 0 Å². The van der Waals surface area contributed by atoms with Crippen LogP contribution in [0.25, 0.3) is 11.5 Å². The van der Waals surface area contributed by atoms with Gasteiger partial charge in [0.25, 0.3) is 0 Å². The van der Waals surface area contributed by atoms with E-state index in [0.29, 0.717) is 6.04 Å². The molecule has 1 N–H and O–H groups in total. The van der Waals surface area contributed by atoms with Gasteiger partial charge in [-0.25, -0.2) is 4.98 Å². The maximum atomic E-state index is 5.45. The van der Waals surface area contributed by atoms with Gasteiger partial charge in [0.2, 0.25) is 0 Å². The summed E-state index contributed by atoms with van der Waals surface area (Å²) in [6, 6.07) is 4.27. The second-order valence-corrected chi connectivity index (χ2v) is 5.49. The molecule has 2 aromatic heterocycles. The maximum Gasteiger partial charge on any atom is 0.169 e. The van der Waals surface area contributed by atoms with Gasteiger partial charge in [0.15, 0.2) is 10.4 Å². The zero-order valence-corrected chi connectivity index (χ0v) is 11.6. The van der Waals surface area contributed by atoms with Gasteiger partial charge in [-0.15, -0.1) is 11.3 Å². The van der Waals surface area contributed by atoms with E-state index < -0.39 is 0 Å². The summed E-state index contributed by atoms with van der Waals surface area (Å²) >= 11 is 4.93. The first-order valence-corrected chi connectivity index (χ1v) is 6.76. The minimum absolute atomic E-state index is 0.477. The predicted octanol–water partition coefficient (Wildman–Crippen LogP) is 3.66. The highest BCUT2D eigenvalue weighted by molar-refractivity contribution is 9.10. The standard InChI is InChI=1S/C11H13BrN2OS/c1-7(2)13-5-11-14-8(6-16-11)9-3-4-10(12)15-9/h3-4,6-7,13H,5H2,1-2H3. The van der Waals surface area contributed by atoms with Crippen molar-refractivity contribution in [3.8, 4) is 11.5 Å². The Morgan fingerprint density at radius 3 is 2.94 bits per heavy atom. The van der Waals surface area contributed by atoms with E-state index in [4.69, 9.17) is 4.42 Å². The molecule has 2 rings (SSSR count). The lowest BCUT2D eigenvalue weighted by atomic mass is 10.4. The first-order chi connectivity index (χ1) is 7.65. The Morgan fingerprint density at radius 2 is 2.31 bits per heavy atom. The molecule has 0 saturated heterocycles. The topological polar surface area (TPSA) is 38.1 Å². The number of thiazole rings is 1. The van der Waals surface area contributed by atoms with E-state index in [1.165, 1.54) is 0 Å². The number of hydrogen-bond donors (Lipinski definition) is 1. The van der Waals surface area contributed by atoms with Crippen LogP contribution in [0, 0.1) is 0 Å². The third-order valence-electron chi connectivity index (χ3n) is 2.04. The largest absolute Gasteiger partial charge is 0.448 e. The lowest BCUT2D eigenvalue weighted by Crippen LogP contribution is -2.21. The van der Waals surface area contributed by atoms with Crippen molar-refractivity contribution < 1.29 is 4.42 Å². The monoisotopic (exact) mass is 300 g/mol. The van der Waals surface area contributed by atoms with E-state index in [0.717, 1.165) is 27.7 Å². The van der Waals surface area contributed by atoms with Crippen LogP contribution in [-0.2, 0) is 6.54 Å². The summed E-state index contributed by atoms with van der Waals surface area (Å²) in [5.41, 5.74) is 0.899. The molecular formula is C11H13BrN2OS. The fraction of sp³-hybridized carbons (Fsp3) is 0.364. The van der Waals surface area contributed by atoms with E-state index in [1.807, 2.05) is 17.5 Å². The number of furan rings is 1. The zero-order chi connectivity index (χ0) is 11.5. The average molecular weight is 301 g/mol. The zero-order valence-electron chi connectivity index (χ0n) is 9.16.